The maximum absolute atomic E-state index is 12.1. The highest BCUT2D eigenvalue weighted by Crippen LogP contribution is 2.25. The van der Waals surface area contributed by atoms with E-state index in [0.717, 1.165) is 11.1 Å². The Morgan fingerprint density at radius 1 is 0.931 bits per heavy atom. The van der Waals surface area contributed by atoms with Gasteiger partial charge in [-0.1, -0.05) is 22.0 Å². The number of esters is 1. The number of rotatable bonds is 11. The lowest BCUT2D eigenvalue weighted by atomic mass is 10.1. The molecular formula is C21H23BrO7. The highest BCUT2D eigenvalue weighted by molar-refractivity contribution is 9.08. The van der Waals surface area contributed by atoms with E-state index < -0.39 is 11.9 Å². The van der Waals surface area contributed by atoms with Gasteiger partial charge in [-0.3, -0.25) is 0 Å². The molecule has 0 radical (unpaired) electrons. The van der Waals surface area contributed by atoms with Gasteiger partial charge >= 0.3 is 11.9 Å². The number of methoxy groups -OCH3 is 1. The van der Waals surface area contributed by atoms with Gasteiger partial charge in [0.1, 0.15) is 24.7 Å². The molecule has 7 nitrogen and oxygen atoms in total. The fourth-order valence-corrected chi connectivity index (χ4v) is 2.85. The van der Waals surface area contributed by atoms with Crippen LogP contribution in [0.15, 0.2) is 36.4 Å². The molecule has 0 heterocycles. The van der Waals surface area contributed by atoms with Crippen LogP contribution in [0.5, 0.6) is 11.5 Å². The Morgan fingerprint density at radius 2 is 1.62 bits per heavy atom. The number of hydrogen-bond donors (Lipinski definition) is 1. The van der Waals surface area contributed by atoms with Crippen molar-refractivity contribution in [3.8, 4) is 11.5 Å². The number of benzene rings is 2. The van der Waals surface area contributed by atoms with Crippen molar-refractivity contribution in [3.63, 3.8) is 0 Å². The Morgan fingerprint density at radius 3 is 2.24 bits per heavy atom. The first-order chi connectivity index (χ1) is 14.0. The summed E-state index contributed by atoms with van der Waals surface area (Å²) in [6, 6.07) is 9.81. The molecule has 0 fully saturated rings. The van der Waals surface area contributed by atoms with E-state index in [9.17, 15) is 14.7 Å². The molecule has 0 aliphatic carbocycles. The second-order valence-electron chi connectivity index (χ2n) is 6.02. The zero-order valence-corrected chi connectivity index (χ0v) is 17.9. The minimum atomic E-state index is -1.09. The van der Waals surface area contributed by atoms with Gasteiger partial charge in [0.2, 0.25) is 0 Å². The summed E-state index contributed by atoms with van der Waals surface area (Å²) >= 11 is 3.39. The summed E-state index contributed by atoms with van der Waals surface area (Å²) in [5.41, 5.74) is 2.14. The van der Waals surface area contributed by atoms with E-state index in [1.54, 1.807) is 32.2 Å². The average Bonchev–Trinajstić information content (AvgIpc) is 2.72. The molecule has 0 aliphatic heterocycles. The Kier molecular flexibility index (Phi) is 8.95. The van der Waals surface area contributed by atoms with Crippen LogP contribution in [0.4, 0.5) is 0 Å². The molecule has 0 saturated heterocycles. The topological polar surface area (TPSA) is 91.3 Å². The summed E-state index contributed by atoms with van der Waals surface area (Å²) in [4.78, 5) is 23.4. The first kappa shape index (κ1) is 22.7. The summed E-state index contributed by atoms with van der Waals surface area (Å²) < 4.78 is 21.3. The number of ether oxygens (including phenoxy) is 4. The zero-order chi connectivity index (χ0) is 21.2. The van der Waals surface area contributed by atoms with Gasteiger partial charge in [0.25, 0.3) is 0 Å². The highest BCUT2D eigenvalue weighted by Gasteiger charge is 2.12. The first-order valence-corrected chi connectivity index (χ1v) is 10.1. The van der Waals surface area contributed by atoms with Gasteiger partial charge in [-0.05, 0) is 42.3 Å². The van der Waals surface area contributed by atoms with Crippen LogP contribution < -0.4 is 9.47 Å². The molecule has 0 atom stereocenters. The molecule has 156 valence electrons. The maximum Gasteiger partial charge on any atom is 0.338 e. The van der Waals surface area contributed by atoms with Crippen molar-refractivity contribution in [3.05, 3.63) is 58.7 Å². The van der Waals surface area contributed by atoms with Crippen LogP contribution in [0.3, 0.4) is 0 Å². The molecule has 2 aromatic rings. The number of hydrogen-bond acceptors (Lipinski definition) is 6. The van der Waals surface area contributed by atoms with Crippen molar-refractivity contribution in [2.75, 3.05) is 26.9 Å². The monoisotopic (exact) mass is 466 g/mol. The number of carbonyl (C=O) groups excluding carboxylic acids is 1. The van der Waals surface area contributed by atoms with Crippen LogP contribution in [-0.2, 0) is 21.4 Å². The molecular weight excluding hydrogens is 444 g/mol. The largest absolute Gasteiger partial charge is 0.491 e. The second-order valence-corrected chi connectivity index (χ2v) is 6.58. The van der Waals surface area contributed by atoms with Crippen molar-refractivity contribution >= 4 is 27.9 Å². The van der Waals surface area contributed by atoms with Crippen LogP contribution in [0.25, 0.3) is 0 Å². The van der Waals surface area contributed by atoms with E-state index in [0.29, 0.717) is 29.0 Å². The predicted molar refractivity (Wildman–Crippen MR) is 110 cm³/mol. The smallest absolute Gasteiger partial charge is 0.338 e. The van der Waals surface area contributed by atoms with Crippen LogP contribution >= 0.6 is 15.9 Å². The van der Waals surface area contributed by atoms with Gasteiger partial charge in [-0.25, -0.2) is 9.59 Å². The van der Waals surface area contributed by atoms with Crippen LogP contribution in [-0.4, -0.2) is 44.0 Å². The molecule has 0 aliphatic rings. The van der Waals surface area contributed by atoms with Gasteiger partial charge in [-0.2, -0.15) is 0 Å². The van der Waals surface area contributed by atoms with E-state index >= 15 is 0 Å². The van der Waals surface area contributed by atoms with Crippen molar-refractivity contribution in [1.82, 2.24) is 0 Å². The number of halogens is 1. The third-order valence-corrected chi connectivity index (χ3v) is 4.45. The lowest BCUT2D eigenvalue weighted by molar-refractivity contribution is 0.0525. The molecule has 0 saturated carbocycles. The molecule has 1 N–H and O–H groups in total. The number of carboxylic acids is 1. The summed E-state index contributed by atoms with van der Waals surface area (Å²) in [5, 5.41) is 9.88. The maximum atomic E-state index is 12.1. The van der Waals surface area contributed by atoms with E-state index in [1.807, 2.05) is 6.07 Å². The SMILES string of the molecule is CCOC(=O)c1cc(CBr)cc(COc2cc(OCCOC)cc(C(=O)O)c2)c1. The van der Waals surface area contributed by atoms with Crippen molar-refractivity contribution in [2.45, 2.75) is 18.9 Å². The summed E-state index contributed by atoms with van der Waals surface area (Å²) in [6.45, 7) is 2.85. The molecule has 2 rings (SSSR count). The van der Waals surface area contributed by atoms with Gasteiger partial charge in [-0.15, -0.1) is 0 Å². The van der Waals surface area contributed by atoms with E-state index in [1.165, 1.54) is 12.1 Å². The average molecular weight is 467 g/mol. The fourth-order valence-electron chi connectivity index (χ4n) is 2.53. The van der Waals surface area contributed by atoms with Crippen LogP contribution in [0, 0.1) is 0 Å². The fraction of sp³-hybridized carbons (Fsp3) is 0.333. The molecule has 0 aromatic heterocycles. The highest BCUT2D eigenvalue weighted by atomic mass is 79.9. The summed E-state index contributed by atoms with van der Waals surface area (Å²) in [6.07, 6.45) is 0. The zero-order valence-electron chi connectivity index (χ0n) is 16.3. The molecule has 29 heavy (non-hydrogen) atoms. The Bertz CT molecular complexity index is 851. The minimum absolute atomic E-state index is 0.0522. The van der Waals surface area contributed by atoms with Crippen molar-refractivity contribution < 1.29 is 33.6 Å². The third kappa shape index (κ3) is 7.07. The molecule has 0 amide bonds. The van der Waals surface area contributed by atoms with Gasteiger partial charge in [0.05, 0.1) is 24.3 Å². The number of aromatic carboxylic acids is 1. The first-order valence-electron chi connectivity index (χ1n) is 8.95. The molecule has 0 unspecified atom stereocenters. The summed E-state index contributed by atoms with van der Waals surface area (Å²) in [5.74, 6) is -0.770. The molecule has 8 heteroatoms. The molecule has 0 bridgehead atoms. The second kappa shape index (κ2) is 11.4. The lowest BCUT2D eigenvalue weighted by Gasteiger charge is -2.12. The van der Waals surface area contributed by atoms with Crippen molar-refractivity contribution in [2.24, 2.45) is 0 Å². The standard InChI is InChI=1S/C21H23BrO7/c1-3-27-21(25)17-7-14(12-22)6-15(8-17)13-29-19-10-16(20(23)24)9-18(11-19)28-5-4-26-2/h6-11H,3-5,12-13H2,1-2H3,(H,23,24). The number of carboxylic acid groups (broad SMARTS) is 1. The number of alkyl halides is 1. The van der Waals surface area contributed by atoms with Crippen LogP contribution in [0.1, 0.15) is 38.8 Å². The van der Waals surface area contributed by atoms with Crippen LogP contribution in [0.2, 0.25) is 0 Å². The van der Waals surface area contributed by atoms with Crippen molar-refractivity contribution in [1.29, 1.82) is 0 Å². The van der Waals surface area contributed by atoms with Gasteiger partial charge in [0.15, 0.2) is 0 Å². The Balaban J connectivity index is 2.20. The van der Waals surface area contributed by atoms with Gasteiger partial charge in [0, 0.05) is 18.5 Å². The lowest BCUT2D eigenvalue weighted by Crippen LogP contribution is -2.08. The predicted octanol–water partition coefficient (Wildman–Crippen LogP) is 4.06. The van der Waals surface area contributed by atoms with Gasteiger partial charge < -0.3 is 24.1 Å². The molecule has 0 spiro atoms. The third-order valence-electron chi connectivity index (χ3n) is 3.81. The summed E-state index contributed by atoms with van der Waals surface area (Å²) in [7, 11) is 1.55. The quantitative estimate of drug-likeness (QED) is 0.303. The number of carbonyl (C=O) groups is 2. The minimum Gasteiger partial charge on any atom is -0.491 e. The van der Waals surface area contributed by atoms with E-state index in [2.05, 4.69) is 15.9 Å². The van der Waals surface area contributed by atoms with E-state index in [-0.39, 0.29) is 25.4 Å². The normalized spacial score (nSPS) is 10.4. The molecule has 2 aromatic carbocycles. The Hall–Kier alpha value is -2.58. The Labute approximate surface area is 177 Å². The van der Waals surface area contributed by atoms with E-state index in [4.69, 9.17) is 18.9 Å².